The van der Waals surface area contributed by atoms with Gasteiger partial charge in [0.2, 0.25) is 0 Å². The van der Waals surface area contributed by atoms with Crippen molar-refractivity contribution in [2.75, 3.05) is 11.4 Å². The van der Waals surface area contributed by atoms with Gasteiger partial charge in [0.15, 0.2) is 5.65 Å². The van der Waals surface area contributed by atoms with Crippen LogP contribution in [0.15, 0.2) is 36.5 Å². The molecule has 0 N–H and O–H groups in total. The van der Waals surface area contributed by atoms with Crippen molar-refractivity contribution in [2.24, 2.45) is 0 Å². The zero-order chi connectivity index (χ0) is 16.1. The lowest BCUT2D eigenvalue weighted by Crippen LogP contribution is -2.34. The Balaban J connectivity index is 0.00000169. The fraction of sp³-hybridized carbons (Fsp3) is 0.316. The first-order chi connectivity index (χ1) is 11.1. The van der Waals surface area contributed by atoms with Crippen LogP contribution in [-0.4, -0.2) is 15.9 Å². The van der Waals surface area contributed by atoms with Crippen LogP contribution in [0.2, 0.25) is 5.02 Å². The highest BCUT2D eigenvalue weighted by Gasteiger charge is 2.26. The number of aryl methyl sites for hydroxylation is 2. The van der Waals surface area contributed by atoms with Gasteiger partial charge < -0.3 is 9.30 Å². The molecular formula is C19H21Cl2N3. The minimum absolute atomic E-state index is 0. The first-order valence-electron chi connectivity index (χ1n) is 8.05. The smallest absolute Gasteiger partial charge is 0.160 e. The summed E-state index contributed by atoms with van der Waals surface area (Å²) in [5, 5.41) is 0.825. The van der Waals surface area contributed by atoms with E-state index in [1.165, 1.54) is 22.5 Å². The fourth-order valence-corrected chi connectivity index (χ4v) is 3.83. The molecule has 1 aliphatic rings. The van der Waals surface area contributed by atoms with E-state index >= 15 is 0 Å². The highest BCUT2D eigenvalue weighted by molar-refractivity contribution is 6.30. The largest absolute Gasteiger partial charge is 0.361 e. The molecule has 0 spiro atoms. The van der Waals surface area contributed by atoms with Gasteiger partial charge in [-0.3, -0.25) is 0 Å². The zero-order valence-corrected chi connectivity index (χ0v) is 15.7. The second kappa shape index (κ2) is 6.30. The van der Waals surface area contributed by atoms with Crippen molar-refractivity contribution in [1.29, 1.82) is 0 Å². The van der Waals surface area contributed by atoms with Gasteiger partial charge in [-0.05, 0) is 62.6 Å². The number of halogens is 2. The second-order valence-electron chi connectivity index (χ2n) is 6.33. The average molecular weight is 362 g/mol. The Hall–Kier alpha value is -1.71. The summed E-state index contributed by atoms with van der Waals surface area (Å²) in [5.41, 5.74) is 7.28. The van der Waals surface area contributed by atoms with Gasteiger partial charge in [-0.2, -0.15) is 0 Å². The number of rotatable bonds is 1. The van der Waals surface area contributed by atoms with Gasteiger partial charge in [0.25, 0.3) is 0 Å². The molecule has 126 valence electrons. The van der Waals surface area contributed by atoms with Crippen LogP contribution in [0.5, 0.6) is 0 Å². The summed E-state index contributed by atoms with van der Waals surface area (Å²) < 4.78 is 2.19. The second-order valence-corrected chi connectivity index (χ2v) is 6.77. The molecule has 4 rings (SSSR count). The Bertz CT molecular complexity index is 901. The molecule has 1 atom stereocenters. The average Bonchev–Trinajstić information content (AvgIpc) is 2.83. The number of aromatic nitrogens is 2. The van der Waals surface area contributed by atoms with Crippen molar-refractivity contribution in [3.05, 3.63) is 64.1 Å². The molecule has 0 bridgehead atoms. The molecule has 24 heavy (non-hydrogen) atoms. The summed E-state index contributed by atoms with van der Waals surface area (Å²) >= 11 is 6.15. The predicted molar refractivity (Wildman–Crippen MR) is 103 cm³/mol. The normalized spacial score (nSPS) is 16.8. The highest BCUT2D eigenvalue weighted by Crippen LogP contribution is 2.36. The Morgan fingerprint density at radius 1 is 1.21 bits per heavy atom. The first-order valence-corrected chi connectivity index (χ1v) is 8.43. The van der Waals surface area contributed by atoms with Gasteiger partial charge in [-0.1, -0.05) is 17.7 Å². The maximum absolute atomic E-state index is 6.15. The lowest BCUT2D eigenvalue weighted by Gasteiger charge is -2.37. The summed E-state index contributed by atoms with van der Waals surface area (Å²) in [4.78, 5) is 7.25. The SMILES string of the molecule is Cc1nc2c(N3CCc4cc(Cl)ccc4C3C)cccn2c1C.Cl. The minimum atomic E-state index is 0. The molecule has 3 aromatic rings. The predicted octanol–water partition coefficient (Wildman–Crippen LogP) is 5.15. The molecule has 0 saturated carbocycles. The van der Waals surface area contributed by atoms with Crippen molar-refractivity contribution in [2.45, 2.75) is 33.2 Å². The number of nitrogens with zero attached hydrogens (tertiary/aromatic N) is 3. The topological polar surface area (TPSA) is 20.5 Å². The van der Waals surface area contributed by atoms with Crippen molar-refractivity contribution in [3.63, 3.8) is 0 Å². The quantitative estimate of drug-likeness (QED) is 0.597. The molecule has 0 radical (unpaired) electrons. The molecule has 1 unspecified atom stereocenters. The van der Waals surface area contributed by atoms with E-state index in [-0.39, 0.29) is 12.4 Å². The number of hydrogen-bond acceptors (Lipinski definition) is 2. The van der Waals surface area contributed by atoms with Crippen LogP contribution in [0.1, 0.15) is 35.5 Å². The van der Waals surface area contributed by atoms with Crippen LogP contribution >= 0.6 is 24.0 Å². The molecule has 0 fully saturated rings. The van der Waals surface area contributed by atoms with Crippen LogP contribution in [0.4, 0.5) is 5.69 Å². The van der Waals surface area contributed by atoms with Crippen molar-refractivity contribution < 1.29 is 0 Å². The lowest BCUT2D eigenvalue weighted by atomic mass is 9.93. The Morgan fingerprint density at radius 2 is 2.00 bits per heavy atom. The van der Waals surface area contributed by atoms with Gasteiger partial charge >= 0.3 is 0 Å². The summed E-state index contributed by atoms with van der Waals surface area (Å²) in [6.07, 6.45) is 3.11. The molecule has 1 aromatic carbocycles. The first kappa shape index (κ1) is 17.1. The highest BCUT2D eigenvalue weighted by atomic mass is 35.5. The van der Waals surface area contributed by atoms with E-state index in [4.69, 9.17) is 16.6 Å². The van der Waals surface area contributed by atoms with Gasteiger partial charge in [0, 0.05) is 23.5 Å². The molecule has 3 nitrogen and oxygen atoms in total. The van der Waals surface area contributed by atoms with Crippen LogP contribution in [0, 0.1) is 13.8 Å². The molecule has 1 aliphatic heterocycles. The Morgan fingerprint density at radius 3 is 2.79 bits per heavy atom. The summed E-state index contributed by atoms with van der Waals surface area (Å²) in [5.74, 6) is 0. The molecule has 0 amide bonds. The van der Waals surface area contributed by atoms with Gasteiger partial charge in [-0.15, -0.1) is 12.4 Å². The van der Waals surface area contributed by atoms with E-state index in [0.717, 1.165) is 29.3 Å². The molecule has 2 aromatic heterocycles. The van der Waals surface area contributed by atoms with E-state index in [1.54, 1.807) is 0 Å². The van der Waals surface area contributed by atoms with E-state index < -0.39 is 0 Å². The van der Waals surface area contributed by atoms with Gasteiger partial charge in [0.1, 0.15) is 0 Å². The van der Waals surface area contributed by atoms with Crippen molar-refractivity contribution in [3.8, 4) is 0 Å². The molecule has 0 aliphatic carbocycles. The van der Waals surface area contributed by atoms with Crippen LogP contribution < -0.4 is 4.90 Å². The van der Waals surface area contributed by atoms with Crippen molar-refractivity contribution >= 4 is 35.3 Å². The zero-order valence-electron chi connectivity index (χ0n) is 14.1. The summed E-state index contributed by atoms with van der Waals surface area (Å²) in [6.45, 7) is 7.44. The van der Waals surface area contributed by atoms with Crippen molar-refractivity contribution in [1.82, 2.24) is 9.38 Å². The lowest BCUT2D eigenvalue weighted by molar-refractivity contribution is 0.625. The number of imidazole rings is 1. The number of hydrogen-bond donors (Lipinski definition) is 0. The standard InChI is InChI=1S/C19H20ClN3.ClH/c1-12-13(2)23-9-4-5-18(19(23)21-12)22-10-8-15-11-16(20)6-7-17(15)14(22)3;/h4-7,9,11,14H,8,10H2,1-3H3;1H. The van der Waals surface area contributed by atoms with E-state index in [9.17, 15) is 0 Å². The Labute approximate surface area is 153 Å². The molecule has 5 heteroatoms. The third-order valence-corrected chi connectivity index (χ3v) is 5.29. The fourth-order valence-electron chi connectivity index (χ4n) is 3.64. The van der Waals surface area contributed by atoms with E-state index in [0.29, 0.717) is 6.04 Å². The maximum atomic E-state index is 6.15. The number of anilines is 1. The van der Waals surface area contributed by atoms with Crippen LogP contribution in [0.25, 0.3) is 5.65 Å². The number of fused-ring (bicyclic) bond motifs is 2. The summed E-state index contributed by atoms with van der Waals surface area (Å²) in [7, 11) is 0. The van der Waals surface area contributed by atoms with Crippen LogP contribution in [0.3, 0.4) is 0 Å². The number of benzene rings is 1. The third kappa shape index (κ3) is 2.56. The van der Waals surface area contributed by atoms with Gasteiger partial charge in [-0.25, -0.2) is 4.98 Å². The summed E-state index contributed by atoms with van der Waals surface area (Å²) in [6, 6.07) is 10.9. The van der Waals surface area contributed by atoms with Gasteiger partial charge in [0.05, 0.1) is 17.4 Å². The molecular weight excluding hydrogens is 341 g/mol. The molecule has 0 saturated heterocycles. The molecule has 3 heterocycles. The minimum Gasteiger partial charge on any atom is -0.361 e. The number of pyridine rings is 1. The third-order valence-electron chi connectivity index (χ3n) is 5.06. The Kier molecular flexibility index (Phi) is 4.50. The monoisotopic (exact) mass is 361 g/mol. The van der Waals surface area contributed by atoms with E-state index in [2.05, 4.69) is 60.5 Å². The van der Waals surface area contributed by atoms with E-state index in [1.807, 2.05) is 6.07 Å². The van der Waals surface area contributed by atoms with Crippen LogP contribution in [-0.2, 0) is 6.42 Å². The maximum Gasteiger partial charge on any atom is 0.160 e.